The number of fused-ring (bicyclic) bond motifs is 3. The van der Waals surface area contributed by atoms with Gasteiger partial charge in [0.1, 0.15) is 5.00 Å². The summed E-state index contributed by atoms with van der Waals surface area (Å²) in [6.07, 6.45) is 2.56. The molecule has 7 nitrogen and oxygen atoms in total. The first-order chi connectivity index (χ1) is 14.7. The number of thiophene rings is 1. The molecule has 0 spiro atoms. The lowest BCUT2D eigenvalue weighted by Crippen LogP contribution is -2.35. The summed E-state index contributed by atoms with van der Waals surface area (Å²) in [5.41, 5.74) is 1.68. The minimum Gasteiger partial charge on any atom is -0.478 e. The molecule has 1 fully saturated rings. The van der Waals surface area contributed by atoms with Gasteiger partial charge >= 0.3 is 5.97 Å². The Morgan fingerprint density at radius 2 is 1.87 bits per heavy atom. The summed E-state index contributed by atoms with van der Waals surface area (Å²) in [5.74, 6) is -3.97. The van der Waals surface area contributed by atoms with Crippen LogP contribution in [0.3, 0.4) is 0 Å². The normalized spacial score (nSPS) is 24.2. The Kier molecular flexibility index (Phi) is 4.72. The number of hydrogen-bond acceptors (Lipinski definition) is 6. The fourth-order valence-corrected chi connectivity index (χ4v) is 6.46. The van der Waals surface area contributed by atoms with E-state index in [0.717, 1.165) is 37.0 Å². The molecule has 1 amide bonds. The number of carbonyl (C=O) groups excluding carboxylic acids is 1. The number of alkyl halides is 2. The standard InChI is InChI=1S/C21H21F2N3O4S/c1-9-24-18(30-26-9)16-12-6-7-21(22,23)8-13(12)31-19(16)25-17(27)14-10-2-4-11(5-3-10)15(14)20(28)29/h10-11H,2-8H2,1H3,(H,25,27)(H,28,29). The highest BCUT2D eigenvalue weighted by atomic mass is 32.1. The van der Waals surface area contributed by atoms with Crippen LogP contribution < -0.4 is 5.32 Å². The van der Waals surface area contributed by atoms with E-state index < -0.39 is 24.2 Å². The van der Waals surface area contributed by atoms with E-state index in [2.05, 4.69) is 15.5 Å². The molecule has 10 heteroatoms. The van der Waals surface area contributed by atoms with Gasteiger partial charge in [0.15, 0.2) is 5.82 Å². The Labute approximate surface area is 180 Å². The van der Waals surface area contributed by atoms with Crippen molar-refractivity contribution in [2.24, 2.45) is 11.8 Å². The first-order valence-corrected chi connectivity index (χ1v) is 11.2. The smallest absolute Gasteiger partial charge is 0.332 e. The van der Waals surface area contributed by atoms with E-state index in [-0.39, 0.29) is 36.1 Å². The van der Waals surface area contributed by atoms with Crippen molar-refractivity contribution in [1.82, 2.24) is 10.1 Å². The number of hydrogen-bond donors (Lipinski definition) is 2. The Bertz CT molecular complexity index is 1110. The lowest BCUT2D eigenvalue weighted by atomic mass is 9.66. The number of aromatic nitrogens is 2. The average Bonchev–Trinajstić information content (AvgIpc) is 3.29. The van der Waals surface area contributed by atoms with Crippen LogP contribution in [0.2, 0.25) is 0 Å². The van der Waals surface area contributed by atoms with E-state index in [1.807, 2.05) is 0 Å². The lowest BCUT2D eigenvalue weighted by molar-refractivity contribution is -0.134. The highest BCUT2D eigenvalue weighted by Gasteiger charge is 2.42. The number of nitrogens with one attached hydrogen (secondary N) is 1. The highest BCUT2D eigenvalue weighted by molar-refractivity contribution is 7.17. The van der Waals surface area contributed by atoms with Crippen molar-refractivity contribution in [2.75, 3.05) is 5.32 Å². The van der Waals surface area contributed by atoms with Gasteiger partial charge in [-0.3, -0.25) is 4.79 Å². The summed E-state index contributed by atoms with van der Waals surface area (Å²) >= 11 is 1.08. The third-order valence-electron chi connectivity index (χ3n) is 6.53. The van der Waals surface area contributed by atoms with Crippen molar-refractivity contribution in [1.29, 1.82) is 0 Å². The number of carboxylic acids is 1. The second-order valence-electron chi connectivity index (χ2n) is 8.52. The first kappa shape index (κ1) is 20.3. The van der Waals surface area contributed by atoms with Gasteiger partial charge in [-0.2, -0.15) is 4.98 Å². The van der Waals surface area contributed by atoms with E-state index in [0.29, 0.717) is 32.4 Å². The van der Waals surface area contributed by atoms with Crippen LogP contribution >= 0.6 is 11.3 Å². The Hall–Kier alpha value is -2.62. The van der Waals surface area contributed by atoms with Crippen molar-refractivity contribution in [3.63, 3.8) is 0 Å². The number of rotatable bonds is 4. The van der Waals surface area contributed by atoms with Crippen LogP contribution in [0.4, 0.5) is 13.8 Å². The van der Waals surface area contributed by atoms with Crippen LogP contribution in [0.1, 0.15) is 48.4 Å². The maximum absolute atomic E-state index is 14.0. The van der Waals surface area contributed by atoms with Gasteiger partial charge in [-0.25, -0.2) is 13.6 Å². The topological polar surface area (TPSA) is 105 Å². The number of amides is 1. The van der Waals surface area contributed by atoms with Gasteiger partial charge in [0, 0.05) is 28.9 Å². The molecule has 1 saturated carbocycles. The summed E-state index contributed by atoms with van der Waals surface area (Å²) in [6, 6.07) is 0. The third kappa shape index (κ3) is 3.46. The van der Waals surface area contributed by atoms with Crippen molar-refractivity contribution in [3.05, 3.63) is 27.4 Å². The molecule has 2 heterocycles. The van der Waals surface area contributed by atoms with E-state index in [4.69, 9.17) is 4.52 Å². The zero-order chi connectivity index (χ0) is 21.9. The Morgan fingerprint density at radius 3 is 2.48 bits per heavy atom. The molecule has 0 saturated heterocycles. The van der Waals surface area contributed by atoms with Crippen LogP contribution in [-0.2, 0) is 22.4 Å². The molecule has 0 atom stereocenters. The number of aryl methyl sites for hydroxylation is 1. The summed E-state index contributed by atoms with van der Waals surface area (Å²) in [4.78, 5) is 29.9. The molecule has 6 rings (SSSR count). The van der Waals surface area contributed by atoms with Crippen molar-refractivity contribution in [2.45, 2.75) is 57.8 Å². The maximum Gasteiger partial charge on any atom is 0.332 e. The van der Waals surface area contributed by atoms with E-state index >= 15 is 0 Å². The van der Waals surface area contributed by atoms with Crippen molar-refractivity contribution < 1.29 is 28.0 Å². The van der Waals surface area contributed by atoms with Gasteiger partial charge in [0.25, 0.3) is 17.7 Å². The number of aliphatic carboxylic acids is 1. The quantitative estimate of drug-likeness (QED) is 0.718. The molecule has 4 aliphatic rings. The second-order valence-corrected chi connectivity index (χ2v) is 9.63. The molecule has 2 aromatic heterocycles. The number of anilines is 1. The molecule has 0 aliphatic heterocycles. The maximum atomic E-state index is 14.0. The lowest BCUT2D eigenvalue weighted by Gasteiger charge is -2.37. The van der Waals surface area contributed by atoms with Crippen LogP contribution in [0.25, 0.3) is 11.5 Å². The average molecular weight is 449 g/mol. The minimum atomic E-state index is -2.80. The number of carboxylic acid groups (broad SMARTS) is 1. The largest absolute Gasteiger partial charge is 0.478 e. The molecule has 164 valence electrons. The Morgan fingerprint density at radius 1 is 1.19 bits per heavy atom. The molecule has 31 heavy (non-hydrogen) atoms. The predicted octanol–water partition coefficient (Wildman–Crippen LogP) is 4.37. The zero-order valence-corrected chi connectivity index (χ0v) is 17.7. The predicted molar refractivity (Wildman–Crippen MR) is 108 cm³/mol. The minimum absolute atomic E-state index is 0.0934. The zero-order valence-electron chi connectivity index (χ0n) is 16.8. The number of nitrogens with zero attached hydrogens (tertiary/aromatic N) is 2. The number of halogens is 2. The van der Waals surface area contributed by atoms with Gasteiger partial charge in [0.05, 0.1) is 5.56 Å². The van der Waals surface area contributed by atoms with Gasteiger partial charge < -0.3 is 14.9 Å². The van der Waals surface area contributed by atoms with Gasteiger partial charge in [-0.1, -0.05) is 5.16 Å². The van der Waals surface area contributed by atoms with Crippen LogP contribution in [0, 0.1) is 18.8 Å². The molecule has 2 N–H and O–H groups in total. The fourth-order valence-electron chi connectivity index (χ4n) is 5.14. The molecule has 2 bridgehead atoms. The molecule has 0 unspecified atom stereocenters. The summed E-state index contributed by atoms with van der Waals surface area (Å²) < 4.78 is 33.3. The molecular weight excluding hydrogens is 428 g/mol. The van der Waals surface area contributed by atoms with Gasteiger partial charge in [-0.15, -0.1) is 11.3 Å². The van der Waals surface area contributed by atoms with E-state index in [1.54, 1.807) is 6.92 Å². The first-order valence-electron chi connectivity index (χ1n) is 10.4. The fraction of sp³-hybridized carbons (Fsp3) is 0.524. The van der Waals surface area contributed by atoms with Crippen LogP contribution in [0.15, 0.2) is 15.7 Å². The van der Waals surface area contributed by atoms with Crippen LogP contribution in [-0.4, -0.2) is 33.0 Å². The van der Waals surface area contributed by atoms with Crippen LogP contribution in [0.5, 0.6) is 0 Å². The number of carbonyl (C=O) groups is 2. The molecule has 2 aromatic rings. The third-order valence-corrected chi connectivity index (χ3v) is 7.68. The molecule has 0 aromatic carbocycles. The van der Waals surface area contributed by atoms with E-state index in [1.165, 1.54) is 0 Å². The van der Waals surface area contributed by atoms with Crippen molar-refractivity contribution in [3.8, 4) is 11.5 Å². The Balaban J connectivity index is 1.56. The summed E-state index contributed by atoms with van der Waals surface area (Å²) in [6.45, 7) is 1.65. The highest BCUT2D eigenvalue weighted by Crippen LogP contribution is 2.49. The molecule has 4 aliphatic carbocycles. The van der Waals surface area contributed by atoms with Gasteiger partial charge in [-0.05, 0) is 56.4 Å². The van der Waals surface area contributed by atoms with E-state index in [9.17, 15) is 23.5 Å². The van der Waals surface area contributed by atoms with Crippen molar-refractivity contribution >= 4 is 28.2 Å². The van der Waals surface area contributed by atoms with Gasteiger partial charge in [0.2, 0.25) is 0 Å². The summed E-state index contributed by atoms with van der Waals surface area (Å²) in [7, 11) is 0. The second kappa shape index (κ2) is 7.22. The monoisotopic (exact) mass is 449 g/mol. The summed E-state index contributed by atoms with van der Waals surface area (Å²) in [5, 5.41) is 16.7. The molecular formula is C21H21F2N3O4S. The molecule has 0 radical (unpaired) electrons. The SMILES string of the molecule is Cc1noc(-c2c(NC(=O)C3=C(C(=O)O)C4CCC3CC4)sc3c2CCC(F)(F)C3)n1.